The zero-order chi connectivity index (χ0) is 27.2. The van der Waals surface area contributed by atoms with Crippen LogP contribution in [0.4, 0.5) is 0 Å². The number of ketones is 1. The third-order valence-corrected chi connectivity index (χ3v) is 7.42. The fourth-order valence-corrected chi connectivity index (χ4v) is 5.57. The maximum atomic E-state index is 13.9. The summed E-state index contributed by atoms with van der Waals surface area (Å²) in [5, 5.41) is 10.5. The quantitative estimate of drug-likeness (QED) is 0.326. The van der Waals surface area contributed by atoms with Crippen LogP contribution in [0.25, 0.3) is 16.5 Å². The summed E-state index contributed by atoms with van der Waals surface area (Å²) in [6.07, 6.45) is 3.79. The lowest BCUT2D eigenvalue weighted by Gasteiger charge is -2.28. The minimum atomic E-state index is -1.43. The van der Waals surface area contributed by atoms with E-state index in [1.54, 1.807) is 63.6 Å². The van der Waals surface area contributed by atoms with E-state index in [4.69, 9.17) is 15.2 Å². The first-order valence-electron chi connectivity index (χ1n) is 12.4. The Hall–Kier alpha value is -4.36. The molecule has 3 N–H and O–H groups in total. The largest absolute Gasteiger partial charge is 0.497 e. The molecule has 0 saturated carbocycles. The smallest absolute Gasteiger partial charge is 0.335 e. The molecule has 1 atom stereocenters. The van der Waals surface area contributed by atoms with Gasteiger partial charge in [-0.1, -0.05) is 24.3 Å². The second kappa shape index (κ2) is 9.50. The second-order valence-electron chi connectivity index (χ2n) is 9.72. The number of hydrogen-bond acceptors (Lipinski definition) is 5. The summed E-state index contributed by atoms with van der Waals surface area (Å²) in [7, 11) is 5.06. The van der Waals surface area contributed by atoms with Crippen molar-refractivity contribution in [3.63, 3.8) is 0 Å². The summed E-state index contributed by atoms with van der Waals surface area (Å²) in [5.41, 5.74) is 11.3. The molecule has 1 heterocycles. The van der Waals surface area contributed by atoms with Crippen LogP contribution in [-0.4, -0.2) is 35.6 Å². The summed E-state index contributed by atoms with van der Waals surface area (Å²) in [6, 6.07) is 17.9. The van der Waals surface area contributed by atoms with Crippen molar-refractivity contribution in [2.75, 3.05) is 14.2 Å². The first-order valence-corrected chi connectivity index (χ1v) is 12.4. The molecule has 0 spiro atoms. The van der Waals surface area contributed by atoms with Crippen LogP contribution in [0.3, 0.4) is 0 Å². The monoisotopic (exact) mass is 510 g/mol. The maximum Gasteiger partial charge on any atom is 0.335 e. The van der Waals surface area contributed by atoms with Gasteiger partial charge in [0.1, 0.15) is 17.0 Å². The van der Waals surface area contributed by atoms with Crippen LogP contribution >= 0.6 is 0 Å². The molecule has 0 bridgehead atoms. The third-order valence-electron chi connectivity index (χ3n) is 7.42. The van der Waals surface area contributed by atoms with Crippen LogP contribution in [0.1, 0.15) is 56.4 Å². The number of carbonyl (C=O) groups excluding carboxylic acids is 1. The highest BCUT2D eigenvalue weighted by Crippen LogP contribution is 2.44. The number of rotatable bonds is 7. The molecule has 0 fully saturated rings. The van der Waals surface area contributed by atoms with E-state index >= 15 is 0 Å². The molecule has 38 heavy (non-hydrogen) atoms. The number of fused-ring (bicyclic) bond motifs is 2. The van der Waals surface area contributed by atoms with Crippen LogP contribution in [-0.2, 0) is 19.0 Å². The van der Waals surface area contributed by atoms with E-state index in [-0.39, 0.29) is 11.3 Å². The average Bonchev–Trinajstić information content (AvgIpc) is 3.23. The van der Waals surface area contributed by atoms with Crippen molar-refractivity contribution in [3.8, 4) is 11.5 Å². The number of nitrogens with zero attached hydrogens (tertiary/aromatic N) is 1. The van der Waals surface area contributed by atoms with Gasteiger partial charge in [-0.25, -0.2) is 4.79 Å². The van der Waals surface area contributed by atoms with Gasteiger partial charge in [0.2, 0.25) is 0 Å². The van der Waals surface area contributed by atoms with Crippen LogP contribution in [0.15, 0.2) is 66.7 Å². The Balaban J connectivity index is 1.79. The van der Waals surface area contributed by atoms with Gasteiger partial charge in [-0.3, -0.25) is 4.79 Å². The lowest BCUT2D eigenvalue weighted by Crippen LogP contribution is -2.44. The number of nitrogens with two attached hydrogens (primary N) is 1. The standard InChI is InChI=1S/C31H30N2O5/c1-31(32,29(34)18-11-14-20(37-3)15-12-18)28-27(24-16-13-19(30(35)36)17-25(24)33(28)2)23-9-5-8-22-21(23)7-6-10-26(22)38-4/h6-7,9-17H,5,8,32H2,1-4H3,(H,35,36). The molecule has 0 saturated heterocycles. The molecule has 5 rings (SSSR count). The fourth-order valence-electron chi connectivity index (χ4n) is 5.57. The predicted molar refractivity (Wildman–Crippen MR) is 147 cm³/mol. The average molecular weight is 511 g/mol. The first kappa shape index (κ1) is 25.3. The molecule has 0 aliphatic heterocycles. The van der Waals surface area contributed by atoms with Crippen molar-refractivity contribution in [2.45, 2.75) is 25.3 Å². The topological polar surface area (TPSA) is 104 Å². The molecule has 3 aromatic carbocycles. The summed E-state index contributed by atoms with van der Waals surface area (Å²) >= 11 is 0. The van der Waals surface area contributed by atoms with Crippen molar-refractivity contribution >= 4 is 28.2 Å². The molecule has 0 amide bonds. The van der Waals surface area contributed by atoms with Crippen LogP contribution < -0.4 is 15.2 Å². The zero-order valence-electron chi connectivity index (χ0n) is 21.9. The van der Waals surface area contributed by atoms with E-state index in [1.807, 2.05) is 23.7 Å². The van der Waals surface area contributed by atoms with Crippen molar-refractivity contribution in [2.24, 2.45) is 12.8 Å². The van der Waals surface area contributed by atoms with E-state index in [1.165, 1.54) is 0 Å². The number of aromatic carboxylic acids is 1. The Morgan fingerprint density at radius 3 is 2.37 bits per heavy atom. The summed E-state index contributed by atoms with van der Waals surface area (Å²) < 4.78 is 12.8. The highest BCUT2D eigenvalue weighted by Gasteiger charge is 2.39. The Morgan fingerprint density at radius 2 is 1.71 bits per heavy atom. The van der Waals surface area contributed by atoms with Crippen molar-refractivity contribution in [1.82, 2.24) is 4.57 Å². The lowest BCUT2D eigenvalue weighted by atomic mass is 9.80. The van der Waals surface area contributed by atoms with Gasteiger partial charge in [0.15, 0.2) is 5.78 Å². The second-order valence-corrected chi connectivity index (χ2v) is 9.72. The number of aromatic nitrogens is 1. The van der Waals surface area contributed by atoms with Gasteiger partial charge in [-0.15, -0.1) is 0 Å². The Bertz CT molecular complexity index is 1610. The van der Waals surface area contributed by atoms with E-state index in [0.29, 0.717) is 22.5 Å². The van der Waals surface area contributed by atoms with Crippen LogP contribution in [0, 0.1) is 0 Å². The molecule has 1 aromatic heterocycles. The van der Waals surface area contributed by atoms with E-state index in [0.717, 1.165) is 46.2 Å². The SMILES string of the molecule is COc1ccc(C(=O)C(C)(N)c2c(C3=CCCc4c(OC)cccc43)c3ccc(C(=O)O)cc3n2C)cc1. The Morgan fingerprint density at radius 1 is 1.00 bits per heavy atom. The highest BCUT2D eigenvalue weighted by atomic mass is 16.5. The lowest BCUT2D eigenvalue weighted by molar-refractivity contribution is 0.0696. The van der Waals surface area contributed by atoms with Crippen LogP contribution in [0.5, 0.6) is 11.5 Å². The van der Waals surface area contributed by atoms with E-state index in [2.05, 4.69) is 12.1 Å². The number of allylic oxidation sites excluding steroid dienone is 1. The van der Waals surface area contributed by atoms with Gasteiger partial charge in [0.25, 0.3) is 0 Å². The number of benzene rings is 3. The van der Waals surface area contributed by atoms with Crippen LogP contribution in [0.2, 0.25) is 0 Å². The minimum Gasteiger partial charge on any atom is -0.497 e. The van der Waals surface area contributed by atoms with E-state index < -0.39 is 11.5 Å². The molecule has 0 radical (unpaired) electrons. The van der Waals surface area contributed by atoms with Crippen molar-refractivity contribution in [3.05, 3.63) is 100 Å². The number of ether oxygens (including phenoxy) is 2. The first-order chi connectivity index (χ1) is 18.2. The molecular weight excluding hydrogens is 480 g/mol. The van der Waals surface area contributed by atoms with Gasteiger partial charge in [-0.2, -0.15) is 0 Å². The number of Topliss-reactive ketones (excluding diaryl/α,β-unsaturated/α-hetero) is 1. The molecule has 7 heteroatoms. The normalized spacial score (nSPS) is 14.4. The number of methoxy groups -OCH3 is 2. The van der Waals surface area contributed by atoms with Gasteiger partial charge < -0.3 is 24.9 Å². The third kappa shape index (κ3) is 3.96. The number of aryl methyl sites for hydroxylation is 1. The van der Waals surface area contributed by atoms with Gasteiger partial charge in [0, 0.05) is 34.6 Å². The number of carboxylic acids is 1. The molecule has 194 valence electrons. The Kier molecular flexibility index (Phi) is 6.33. The fraction of sp³-hybridized carbons (Fsp3) is 0.226. The summed E-state index contributed by atoms with van der Waals surface area (Å²) in [5.74, 6) is 0.179. The number of carbonyl (C=O) groups is 2. The summed E-state index contributed by atoms with van der Waals surface area (Å²) in [6.45, 7) is 1.71. The number of carboxylic acid groups (broad SMARTS) is 1. The molecular formula is C31H30N2O5. The highest BCUT2D eigenvalue weighted by molar-refractivity contribution is 6.08. The Labute approximate surface area is 221 Å². The van der Waals surface area contributed by atoms with Gasteiger partial charge >= 0.3 is 5.97 Å². The summed E-state index contributed by atoms with van der Waals surface area (Å²) in [4.78, 5) is 25.7. The number of hydrogen-bond donors (Lipinski definition) is 2. The molecule has 1 aliphatic rings. The van der Waals surface area contributed by atoms with Gasteiger partial charge in [0.05, 0.1) is 25.5 Å². The molecule has 4 aromatic rings. The molecule has 1 aliphatic carbocycles. The predicted octanol–water partition coefficient (Wildman–Crippen LogP) is 5.33. The zero-order valence-corrected chi connectivity index (χ0v) is 21.9. The maximum absolute atomic E-state index is 13.9. The minimum absolute atomic E-state index is 0.163. The van der Waals surface area contributed by atoms with Crippen molar-refractivity contribution in [1.29, 1.82) is 0 Å². The van der Waals surface area contributed by atoms with E-state index in [9.17, 15) is 14.7 Å². The van der Waals surface area contributed by atoms with Crippen molar-refractivity contribution < 1.29 is 24.2 Å². The molecule has 7 nitrogen and oxygen atoms in total. The molecule has 1 unspecified atom stereocenters. The van der Waals surface area contributed by atoms with Gasteiger partial charge in [-0.05, 0) is 73.4 Å².